The second kappa shape index (κ2) is 9.23. The third-order valence-corrected chi connectivity index (χ3v) is 6.92. The molecular weight excluding hydrogens is 394 g/mol. The van der Waals surface area contributed by atoms with Crippen LogP contribution in [0.15, 0.2) is 47.6 Å². The number of nitrogens with one attached hydrogen (secondary N) is 1. The number of benzene rings is 1. The molecule has 9 heteroatoms. The van der Waals surface area contributed by atoms with Gasteiger partial charge in [-0.1, -0.05) is 0 Å². The molecular formula is C20H25N3O5S. The van der Waals surface area contributed by atoms with Gasteiger partial charge in [-0.2, -0.15) is 4.31 Å². The highest BCUT2D eigenvalue weighted by atomic mass is 32.2. The third kappa shape index (κ3) is 4.86. The zero-order valence-corrected chi connectivity index (χ0v) is 17.3. The van der Waals surface area contributed by atoms with Gasteiger partial charge in [-0.15, -0.1) is 0 Å². The quantitative estimate of drug-likeness (QED) is 0.736. The van der Waals surface area contributed by atoms with Crippen molar-refractivity contribution in [2.24, 2.45) is 5.92 Å². The number of carbonyl (C=O) groups is 1. The van der Waals surface area contributed by atoms with Crippen molar-refractivity contribution in [1.82, 2.24) is 14.6 Å². The number of hydrogen-bond acceptors (Lipinski definition) is 6. The molecule has 1 aliphatic heterocycles. The summed E-state index contributed by atoms with van der Waals surface area (Å²) in [6, 6.07) is 8.17. The molecule has 8 nitrogen and oxygen atoms in total. The predicted octanol–water partition coefficient (Wildman–Crippen LogP) is 1.93. The summed E-state index contributed by atoms with van der Waals surface area (Å²) in [6.07, 6.45) is 4.29. The fraction of sp³-hybridized carbons (Fsp3) is 0.400. The van der Waals surface area contributed by atoms with Gasteiger partial charge in [-0.25, -0.2) is 8.42 Å². The van der Waals surface area contributed by atoms with Gasteiger partial charge in [0.05, 0.1) is 14.2 Å². The molecule has 0 radical (unpaired) electrons. The predicted molar refractivity (Wildman–Crippen MR) is 108 cm³/mol. The molecule has 1 saturated heterocycles. The van der Waals surface area contributed by atoms with Crippen LogP contribution in [0.2, 0.25) is 0 Å². The van der Waals surface area contributed by atoms with Crippen molar-refractivity contribution in [1.29, 1.82) is 0 Å². The van der Waals surface area contributed by atoms with E-state index in [1.165, 1.54) is 17.6 Å². The highest BCUT2D eigenvalue weighted by Gasteiger charge is 2.29. The molecule has 1 aromatic carbocycles. The Balaban J connectivity index is 1.53. The lowest BCUT2D eigenvalue weighted by Crippen LogP contribution is -2.41. The maximum absolute atomic E-state index is 12.7. The van der Waals surface area contributed by atoms with Crippen LogP contribution in [-0.2, 0) is 10.0 Å². The zero-order valence-electron chi connectivity index (χ0n) is 16.5. The number of sulfonamides is 1. The number of ether oxygens (including phenoxy) is 2. The highest BCUT2D eigenvalue weighted by molar-refractivity contribution is 7.89. The average molecular weight is 420 g/mol. The number of piperidine rings is 1. The Morgan fingerprint density at radius 2 is 1.90 bits per heavy atom. The number of rotatable bonds is 7. The Hall–Kier alpha value is -2.65. The minimum Gasteiger partial charge on any atom is -0.493 e. The molecule has 1 aliphatic rings. The molecule has 0 atom stereocenters. The van der Waals surface area contributed by atoms with Crippen LogP contribution in [0.1, 0.15) is 23.2 Å². The number of methoxy groups -OCH3 is 2. The average Bonchev–Trinajstić information content (AvgIpc) is 2.77. The van der Waals surface area contributed by atoms with E-state index in [0.717, 1.165) is 0 Å². The van der Waals surface area contributed by atoms with Gasteiger partial charge in [-0.05, 0) is 49.1 Å². The molecule has 2 aromatic rings. The summed E-state index contributed by atoms with van der Waals surface area (Å²) in [5, 5.41) is 2.93. The zero-order chi connectivity index (χ0) is 20.9. The van der Waals surface area contributed by atoms with Crippen molar-refractivity contribution in [3.63, 3.8) is 0 Å². The topological polar surface area (TPSA) is 97.8 Å². The van der Waals surface area contributed by atoms with Gasteiger partial charge in [0.1, 0.15) is 4.90 Å². The molecule has 1 amide bonds. The summed E-state index contributed by atoms with van der Waals surface area (Å²) in [5.41, 5.74) is 0.485. The summed E-state index contributed by atoms with van der Waals surface area (Å²) in [6.45, 7) is 1.34. The number of carbonyl (C=O) groups excluding carboxylic acids is 1. The Kier molecular flexibility index (Phi) is 6.71. The lowest BCUT2D eigenvalue weighted by molar-refractivity contribution is 0.0941. The van der Waals surface area contributed by atoms with Gasteiger partial charge >= 0.3 is 0 Å². The van der Waals surface area contributed by atoms with Gasteiger partial charge in [0.15, 0.2) is 11.5 Å². The molecule has 0 saturated carbocycles. The van der Waals surface area contributed by atoms with Crippen LogP contribution < -0.4 is 14.8 Å². The molecule has 1 aromatic heterocycles. The van der Waals surface area contributed by atoms with Crippen molar-refractivity contribution >= 4 is 15.9 Å². The summed E-state index contributed by atoms with van der Waals surface area (Å²) >= 11 is 0. The normalized spacial score (nSPS) is 15.7. The second-order valence-electron chi connectivity index (χ2n) is 6.82. The minimum atomic E-state index is -3.52. The summed E-state index contributed by atoms with van der Waals surface area (Å²) in [7, 11) is -0.455. The van der Waals surface area contributed by atoms with Gasteiger partial charge in [0.25, 0.3) is 5.91 Å². The monoisotopic (exact) mass is 419 g/mol. The Labute approximate surface area is 170 Å². The smallest absolute Gasteiger partial charge is 0.251 e. The molecule has 0 unspecified atom stereocenters. The van der Waals surface area contributed by atoms with Crippen molar-refractivity contribution in [2.75, 3.05) is 33.9 Å². The summed E-state index contributed by atoms with van der Waals surface area (Å²) in [4.78, 5) is 16.5. The molecule has 3 rings (SSSR count). The van der Waals surface area contributed by atoms with E-state index >= 15 is 0 Å². The van der Waals surface area contributed by atoms with Crippen LogP contribution in [0.25, 0.3) is 0 Å². The Morgan fingerprint density at radius 1 is 1.17 bits per heavy atom. The molecule has 2 heterocycles. The number of hydrogen-bond donors (Lipinski definition) is 1. The van der Waals surface area contributed by atoms with E-state index in [1.807, 2.05) is 0 Å². The first kappa shape index (κ1) is 21.1. The molecule has 1 N–H and O–H groups in total. The highest BCUT2D eigenvalue weighted by Crippen LogP contribution is 2.28. The van der Waals surface area contributed by atoms with Gasteiger partial charge in [-0.3, -0.25) is 9.78 Å². The Morgan fingerprint density at radius 3 is 2.52 bits per heavy atom. The number of aromatic nitrogens is 1. The SMILES string of the molecule is COc1ccc(C(=O)NCC2CCN(S(=O)(=O)c3cccnc3)CC2)cc1OC. The lowest BCUT2D eigenvalue weighted by atomic mass is 9.98. The number of amides is 1. The summed E-state index contributed by atoms with van der Waals surface area (Å²) < 4.78 is 37.2. The van der Waals surface area contributed by atoms with Crippen LogP contribution in [0.3, 0.4) is 0 Å². The van der Waals surface area contributed by atoms with E-state index in [9.17, 15) is 13.2 Å². The van der Waals surface area contributed by atoms with Crippen LogP contribution in [0.4, 0.5) is 0 Å². The van der Waals surface area contributed by atoms with Crippen molar-refractivity contribution < 1.29 is 22.7 Å². The summed E-state index contributed by atoms with van der Waals surface area (Å²) in [5.74, 6) is 1.08. The van der Waals surface area contributed by atoms with Crippen LogP contribution in [0.5, 0.6) is 11.5 Å². The van der Waals surface area contributed by atoms with Crippen molar-refractivity contribution in [2.45, 2.75) is 17.7 Å². The second-order valence-corrected chi connectivity index (χ2v) is 8.75. The molecule has 29 heavy (non-hydrogen) atoms. The van der Waals surface area contributed by atoms with Crippen molar-refractivity contribution in [3.8, 4) is 11.5 Å². The first-order valence-electron chi connectivity index (χ1n) is 9.36. The lowest BCUT2D eigenvalue weighted by Gasteiger charge is -2.31. The largest absolute Gasteiger partial charge is 0.493 e. The van der Waals surface area contributed by atoms with E-state index in [-0.39, 0.29) is 16.7 Å². The van der Waals surface area contributed by atoms with E-state index < -0.39 is 10.0 Å². The molecule has 0 aliphatic carbocycles. The van der Waals surface area contributed by atoms with Gasteiger partial charge in [0.2, 0.25) is 10.0 Å². The maximum atomic E-state index is 12.7. The van der Waals surface area contributed by atoms with E-state index in [1.54, 1.807) is 43.6 Å². The first-order valence-corrected chi connectivity index (χ1v) is 10.8. The van der Waals surface area contributed by atoms with Crippen molar-refractivity contribution in [3.05, 3.63) is 48.3 Å². The third-order valence-electron chi connectivity index (χ3n) is 5.04. The maximum Gasteiger partial charge on any atom is 0.251 e. The van der Waals surface area contributed by atoms with E-state index in [4.69, 9.17) is 9.47 Å². The molecule has 1 fully saturated rings. The van der Waals surface area contributed by atoms with Gasteiger partial charge < -0.3 is 14.8 Å². The Bertz CT molecular complexity index is 942. The van der Waals surface area contributed by atoms with Crippen LogP contribution in [-0.4, -0.2) is 57.5 Å². The first-order chi connectivity index (χ1) is 14.0. The van der Waals surface area contributed by atoms with E-state index in [2.05, 4.69) is 10.3 Å². The van der Waals surface area contributed by atoms with Crippen LogP contribution >= 0.6 is 0 Å². The number of pyridine rings is 1. The van der Waals surface area contributed by atoms with E-state index in [0.29, 0.717) is 49.5 Å². The fourth-order valence-corrected chi connectivity index (χ4v) is 4.75. The molecule has 156 valence electrons. The van der Waals surface area contributed by atoms with Gasteiger partial charge in [0, 0.05) is 37.6 Å². The molecule has 0 spiro atoms. The molecule has 0 bridgehead atoms. The fourth-order valence-electron chi connectivity index (χ4n) is 3.32. The van der Waals surface area contributed by atoms with Crippen LogP contribution in [0, 0.1) is 5.92 Å². The standard InChI is InChI=1S/C20H25N3O5S/c1-27-18-6-5-16(12-19(18)28-2)20(24)22-13-15-7-10-23(11-8-15)29(25,26)17-4-3-9-21-14-17/h3-6,9,12,14-15H,7-8,10-11,13H2,1-2H3,(H,22,24). The number of nitrogens with zero attached hydrogens (tertiary/aromatic N) is 2. The minimum absolute atomic E-state index is 0.198.